The van der Waals surface area contributed by atoms with Crippen molar-refractivity contribution in [2.24, 2.45) is 5.73 Å². The lowest BCUT2D eigenvalue weighted by Crippen LogP contribution is -2.09. The van der Waals surface area contributed by atoms with E-state index in [-0.39, 0.29) is 11.9 Å². The van der Waals surface area contributed by atoms with Crippen molar-refractivity contribution in [3.05, 3.63) is 29.1 Å². The smallest absolute Gasteiger partial charge is 0.131 e. The van der Waals surface area contributed by atoms with Crippen molar-refractivity contribution in [2.45, 2.75) is 19.9 Å². The summed E-state index contributed by atoms with van der Waals surface area (Å²) in [7, 11) is 0. The summed E-state index contributed by atoms with van der Waals surface area (Å²) < 4.78 is 13.3. The van der Waals surface area contributed by atoms with E-state index in [4.69, 9.17) is 11.5 Å². The van der Waals surface area contributed by atoms with E-state index in [2.05, 4.69) is 0 Å². The standard InChI is InChI=1S/C9H13FN2/c1-5-3-7(12)4-8(6(2)11)9(5)10/h3-4,6H,11-12H2,1-2H3/t6-/m1/s1. The van der Waals surface area contributed by atoms with Crippen LogP contribution < -0.4 is 11.5 Å². The van der Waals surface area contributed by atoms with Gasteiger partial charge in [0.25, 0.3) is 0 Å². The van der Waals surface area contributed by atoms with Crippen LogP contribution >= 0.6 is 0 Å². The fourth-order valence-electron chi connectivity index (χ4n) is 1.16. The first-order chi connectivity index (χ1) is 5.52. The predicted molar refractivity (Wildman–Crippen MR) is 48.2 cm³/mol. The molecule has 0 aliphatic carbocycles. The van der Waals surface area contributed by atoms with E-state index in [0.717, 1.165) is 0 Å². The van der Waals surface area contributed by atoms with Gasteiger partial charge < -0.3 is 11.5 Å². The first-order valence-corrected chi connectivity index (χ1v) is 3.83. The Morgan fingerprint density at radius 3 is 2.50 bits per heavy atom. The topological polar surface area (TPSA) is 52.0 Å². The molecule has 0 aliphatic rings. The average Bonchev–Trinajstić information content (AvgIpc) is 1.96. The number of rotatable bonds is 1. The summed E-state index contributed by atoms with van der Waals surface area (Å²) in [6, 6.07) is 2.86. The largest absolute Gasteiger partial charge is 0.399 e. The van der Waals surface area contributed by atoms with Gasteiger partial charge in [-0.3, -0.25) is 0 Å². The highest BCUT2D eigenvalue weighted by Gasteiger charge is 2.09. The van der Waals surface area contributed by atoms with E-state index >= 15 is 0 Å². The van der Waals surface area contributed by atoms with Crippen LogP contribution in [0, 0.1) is 12.7 Å². The number of nitrogen functional groups attached to an aromatic ring is 1. The summed E-state index contributed by atoms with van der Waals surface area (Å²) in [6.45, 7) is 3.41. The van der Waals surface area contributed by atoms with Crippen molar-refractivity contribution in [3.8, 4) is 0 Å². The molecule has 1 atom stereocenters. The molecule has 3 heteroatoms. The first kappa shape index (κ1) is 9.00. The third kappa shape index (κ3) is 1.56. The average molecular weight is 168 g/mol. The van der Waals surface area contributed by atoms with Gasteiger partial charge in [-0.15, -0.1) is 0 Å². The maximum Gasteiger partial charge on any atom is 0.131 e. The number of hydrogen-bond acceptors (Lipinski definition) is 2. The van der Waals surface area contributed by atoms with E-state index in [1.54, 1.807) is 26.0 Å². The van der Waals surface area contributed by atoms with E-state index in [1.807, 2.05) is 0 Å². The second kappa shape index (κ2) is 3.11. The van der Waals surface area contributed by atoms with Gasteiger partial charge in [-0.1, -0.05) is 0 Å². The molecule has 0 saturated carbocycles. The number of aryl methyl sites for hydroxylation is 1. The number of nitrogens with two attached hydrogens (primary N) is 2. The van der Waals surface area contributed by atoms with Crippen LogP contribution in [0.25, 0.3) is 0 Å². The van der Waals surface area contributed by atoms with Crippen LogP contribution in [-0.4, -0.2) is 0 Å². The maximum absolute atomic E-state index is 13.3. The SMILES string of the molecule is Cc1cc(N)cc([C@@H](C)N)c1F. The molecule has 0 spiro atoms. The molecular weight excluding hydrogens is 155 g/mol. The summed E-state index contributed by atoms with van der Waals surface area (Å²) >= 11 is 0. The van der Waals surface area contributed by atoms with Gasteiger partial charge in [0, 0.05) is 17.3 Å². The Morgan fingerprint density at radius 1 is 1.42 bits per heavy atom. The van der Waals surface area contributed by atoms with E-state index in [0.29, 0.717) is 16.8 Å². The van der Waals surface area contributed by atoms with Crippen molar-refractivity contribution >= 4 is 5.69 Å². The van der Waals surface area contributed by atoms with Gasteiger partial charge in [0.2, 0.25) is 0 Å². The number of anilines is 1. The van der Waals surface area contributed by atoms with Crippen LogP contribution in [-0.2, 0) is 0 Å². The zero-order chi connectivity index (χ0) is 9.30. The molecule has 0 saturated heterocycles. The van der Waals surface area contributed by atoms with Crippen LogP contribution in [0.4, 0.5) is 10.1 Å². The Balaban J connectivity index is 3.28. The fraction of sp³-hybridized carbons (Fsp3) is 0.333. The molecule has 0 bridgehead atoms. The van der Waals surface area contributed by atoms with Crippen molar-refractivity contribution in [3.63, 3.8) is 0 Å². The molecule has 1 aromatic carbocycles. The zero-order valence-corrected chi connectivity index (χ0v) is 7.26. The Morgan fingerprint density at radius 2 is 2.00 bits per heavy atom. The van der Waals surface area contributed by atoms with E-state index < -0.39 is 0 Å². The van der Waals surface area contributed by atoms with Gasteiger partial charge in [0.15, 0.2) is 0 Å². The summed E-state index contributed by atoms with van der Waals surface area (Å²) in [6.07, 6.45) is 0. The molecule has 0 unspecified atom stereocenters. The van der Waals surface area contributed by atoms with Crippen molar-refractivity contribution in [1.82, 2.24) is 0 Å². The molecule has 0 amide bonds. The van der Waals surface area contributed by atoms with Gasteiger partial charge >= 0.3 is 0 Å². The highest BCUT2D eigenvalue weighted by molar-refractivity contribution is 5.46. The van der Waals surface area contributed by atoms with Crippen LogP contribution in [0.1, 0.15) is 24.1 Å². The minimum Gasteiger partial charge on any atom is -0.399 e. The second-order valence-corrected chi connectivity index (χ2v) is 3.03. The predicted octanol–water partition coefficient (Wildman–Crippen LogP) is 1.74. The van der Waals surface area contributed by atoms with Crippen molar-refractivity contribution in [1.29, 1.82) is 0 Å². The van der Waals surface area contributed by atoms with Gasteiger partial charge in [-0.2, -0.15) is 0 Å². The summed E-state index contributed by atoms with van der Waals surface area (Å²) in [4.78, 5) is 0. The van der Waals surface area contributed by atoms with Crippen LogP contribution in [0.5, 0.6) is 0 Å². The lowest BCUT2D eigenvalue weighted by Gasteiger charge is -2.09. The van der Waals surface area contributed by atoms with Gasteiger partial charge in [0.1, 0.15) is 5.82 Å². The number of hydrogen-bond donors (Lipinski definition) is 2. The molecule has 12 heavy (non-hydrogen) atoms. The number of benzene rings is 1. The van der Waals surface area contributed by atoms with E-state index in [9.17, 15) is 4.39 Å². The minimum atomic E-state index is -0.313. The summed E-state index contributed by atoms with van der Waals surface area (Å²) in [5, 5.41) is 0. The molecule has 0 aliphatic heterocycles. The Kier molecular flexibility index (Phi) is 2.33. The minimum absolute atomic E-state index is 0.251. The Bertz CT molecular complexity index is 295. The van der Waals surface area contributed by atoms with Crippen LogP contribution in [0.3, 0.4) is 0 Å². The zero-order valence-electron chi connectivity index (χ0n) is 7.26. The molecule has 2 nitrogen and oxygen atoms in total. The molecule has 66 valence electrons. The normalized spacial score (nSPS) is 13.0. The molecule has 4 N–H and O–H groups in total. The molecule has 0 radical (unpaired) electrons. The van der Waals surface area contributed by atoms with Crippen molar-refractivity contribution < 1.29 is 4.39 Å². The van der Waals surface area contributed by atoms with E-state index in [1.165, 1.54) is 0 Å². The second-order valence-electron chi connectivity index (χ2n) is 3.03. The first-order valence-electron chi connectivity index (χ1n) is 3.83. The lowest BCUT2D eigenvalue weighted by atomic mass is 10.0. The summed E-state index contributed by atoms with van der Waals surface area (Å²) in [5.41, 5.74) is 12.7. The van der Waals surface area contributed by atoms with Gasteiger partial charge in [-0.25, -0.2) is 4.39 Å². The summed E-state index contributed by atoms with van der Waals surface area (Å²) in [5.74, 6) is -0.251. The Labute approximate surface area is 71.4 Å². The number of halogens is 1. The highest BCUT2D eigenvalue weighted by atomic mass is 19.1. The highest BCUT2D eigenvalue weighted by Crippen LogP contribution is 2.21. The molecule has 0 heterocycles. The van der Waals surface area contributed by atoms with Crippen LogP contribution in [0.15, 0.2) is 12.1 Å². The molecule has 1 rings (SSSR count). The van der Waals surface area contributed by atoms with Gasteiger partial charge in [0.05, 0.1) is 0 Å². The third-order valence-corrected chi connectivity index (χ3v) is 1.80. The fourth-order valence-corrected chi connectivity index (χ4v) is 1.16. The molecular formula is C9H13FN2. The molecule has 0 fully saturated rings. The molecule has 1 aromatic rings. The monoisotopic (exact) mass is 168 g/mol. The lowest BCUT2D eigenvalue weighted by molar-refractivity contribution is 0.586. The quantitative estimate of drug-likeness (QED) is 0.627. The van der Waals surface area contributed by atoms with Gasteiger partial charge in [-0.05, 0) is 31.5 Å². The Hall–Kier alpha value is -1.09. The third-order valence-electron chi connectivity index (χ3n) is 1.80. The van der Waals surface area contributed by atoms with Crippen LogP contribution in [0.2, 0.25) is 0 Å². The van der Waals surface area contributed by atoms with Crippen molar-refractivity contribution in [2.75, 3.05) is 5.73 Å². The molecule has 0 aromatic heterocycles. The maximum atomic E-state index is 13.3.